The van der Waals surface area contributed by atoms with Gasteiger partial charge in [0.25, 0.3) is 0 Å². The monoisotopic (exact) mass is 489 g/mol. The Morgan fingerprint density at radius 3 is 2.11 bits per heavy atom. The van der Waals surface area contributed by atoms with E-state index in [0.29, 0.717) is 18.9 Å². The maximum absolute atomic E-state index is 13.6. The summed E-state index contributed by atoms with van der Waals surface area (Å²) in [6, 6.07) is 19.4. The largest absolute Gasteiger partial charge is 0.367 e. The summed E-state index contributed by atoms with van der Waals surface area (Å²) in [5.74, 6) is 0.800. The molecule has 0 saturated carbocycles. The van der Waals surface area contributed by atoms with E-state index in [1.165, 1.54) is 48.9 Å². The van der Waals surface area contributed by atoms with Crippen LogP contribution in [0.4, 0.5) is 5.69 Å². The molecule has 0 bridgehead atoms. The van der Waals surface area contributed by atoms with Gasteiger partial charge in [-0.1, -0.05) is 74.2 Å². The van der Waals surface area contributed by atoms with Gasteiger partial charge in [0.1, 0.15) is 0 Å². The first kappa shape index (κ1) is 26.2. The number of piperidine rings is 1. The minimum atomic E-state index is 0.149. The van der Waals surface area contributed by atoms with Gasteiger partial charge >= 0.3 is 0 Å². The Morgan fingerprint density at radius 2 is 1.39 bits per heavy atom. The number of anilines is 1. The molecule has 0 radical (unpaired) electrons. The van der Waals surface area contributed by atoms with Crippen molar-refractivity contribution >= 4 is 17.5 Å². The molecule has 1 fully saturated rings. The van der Waals surface area contributed by atoms with Crippen molar-refractivity contribution in [2.45, 2.75) is 77.8 Å². The summed E-state index contributed by atoms with van der Waals surface area (Å²) in [7, 11) is 0. The highest BCUT2D eigenvalue weighted by molar-refractivity contribution is 5.77. The van der Waals surface area contributed by atoms with Crippen molar-refractivity contribution in [3.8, 4) is 0 Å². The smallest absolute Gasteiger partial charge is 0.223 e. The van der Waals surface area contributed by atoms with Gasteiger partial charge in [-0.25, -0.2) is 0 Å². The second kappa shape index (κ2) is 13.5. The number of para-hydroxylation sites is 1. The van der Waals surface area contributed by atoms with Crippen molar-refractivity contribution in [1.82, 2.24) is 9.80 Å². The van der Waals surface area contributed by atoms with E-state index >= 15 is 0 Å². The third-order valence-electron chi connectivity index (χ3n) is 7.89. The van der Waals surface area contributed by atoms with E-state index < -0.39 is 0 Å². The minimum Gasteiger partial charge on any atom is -0.367 e. The zero-order valence-corrected chi connectivity index (χ0v) is 22.0. The molecule has 2 aromatic rings. The second-order valence-electron chi connectivity index (χ2n) is 10.6. The lowest BCUT2D eigenvalue weighted by Gasteiger charge is -2.33. The second-order valence-corrected chi connectivity index (χ2v) is 10.6. The molecule has 0 atom stereocenters. The quantitative estimate of drug-likeness (QED) is 0.527. The maximum Gasteiger partial charge on any atom is 0.223 e. The number of carbonyl (C=O) groups excluding carboxylic acids is 2. The normalized spacial score (nSPS) is 18.5. The predicted octanol–water partition coefficient (Wildman–Crippen LogP) is 6.02. The number of hydrogen-bond acceptors (Lipinski definition) is 3. The molecule has 2 aliphatic heterocycles. The van der Waals surface area contributed by atoms with Crippen molar-refractivity contribution in [2.75, 3.05) is 31.1 Å². The number of nitrogens with zero attached hydrogens (tertiary/aromatic N) is 3. The van der Waals surface area contributed by atoms with E-state index in [9.17, 15) is 9.59 Å². The molecule has 0 aliphatic carbocycles. The molecule has 2 amide bonds. The number of carbonyl (C=O) groups is 2. The van der Waals surface area contributed by atoms with E-state index in [1.54, 1.807) is 6.92 Å². The fourth-order valence-electron chi connectivity index (χ4n) is 5.68. The number of fused-ring (bicyclic) bond motifs is 1. The topological polar surface area (TPSA) is 43.9 Å². The van der Waals surface area contributed by atoms with Crippen molar-refractivity contribution in [1.29, 1.82) is 0 Å². The summed E-state index contributed by atoms with van der Waals surface area (Å²) in [5.41, 5.74) is 3.82. The molecular weight excluding hydrogens is 446 g/mol. The lowest BCUT2D eigenvalue weighted by Crippen LogP contribution is -2.39. The zero-order chi connectivity index (χ0) is 25.2. The Kier molecular flexibility index (Phi) is 9.83. The van der Waals surface area contributed by atoms with Crippen LogP contribution in [0.1, 0.15) is 75.8 Å². The highest BCUT2D eigenvalue weighted by Gasteiger charge is 2.25. The lowest BCUT2D eigenvalue weighted by atomic mass is 9.92. The van der Waals surface area contributed by atoms with Crippen molar-refractivity contribution in [3.63, 3.8) is 0 Å². The van der Waals surface area contributed by atoms with Gasteiger partial charge in [-0.05, 0) is 48.8 Å². The third-order valence-corrected chi connectivity index (χ3v) is 7.89. The van der Waals surface area contributed by atoms with Crippen molar-refractivity contribution < 1.29 is 9.59 Å². The summed E-state index contributed by atoms with van der Waals surface area (Å²) >= 11 is 0. The van der Waals surface area contributed by atoms with Gasteiger partial charge < -0.3 is 14.7 Å². The van der Waals surface area contributed by atoms with Gasteiger partial charge in [0, 0.05) is 58.3 Å². The van der Waals surface area contributed by atoms with Crippen LogP contribution in [0, 0.1) is 5.92 Å². The van der Waals surface area contributed by atoms with Crippen LogP contribution in [0.3, 0.4) is 0 Å². The first-order chi connectivity index (χ1) is 17.6. The van der Waals surface area contributed by atoms with Gasteiger partial charge in [0.05, 0.1) is 0 Å². The van der Waals surface area contributed by atoms with E-state index in [2.05, 4.69) is 64.4 Å². The predicted molar refractivity (Wildman–Crippen MR) is 147 cm³/mol. The first-order valence-electron chi connectivity index (χ1n) is 14.0. The van der Waals surface area contributed by atoms with Crippen molar-refractivity contribution in [2.24, 2.45) is 5.92 Å². The summed E-state index contributed by atoms with van der Waals surface area (Å²) in [6.45, 7) is 6.64. The molecule has 2 heterocycles. The molecular formula is C31H43N3O2. The van der Waals surface area contributed by atoms with Crippen LogP contribution in [0.5, 0.6) is 0 Å². The molecule has 36 heavy (non-hydrogen) atoms. The standard InChI is InChI=1S/C31H43N3O2/c1-26(35)32-21-17-27(18-22-32)23-31(36)34-20-12-5-3-2-4-11-19-33(24-28-13-7-6-8-14-28)30-16-10-9-15-29(30)25-34/h6-10,13-16,27H,2-5,11-12,17-25H2,1H3. The molecule has 4 rings (SSSR count). The number of hydrogen-bond donors (Lipinski definition) is 0. The maximum atomic E-state index is 13.6. The summed E-state index contributed by atoms with van der Waals surface area (Å²) in [4.78, 5) is 31.8. The van der Waals surface area contributed by atoms with Crippen LogP contribution in [0.15, 0.2) is 54.6 Å². The zero-order valence-electron chi connectivity index (χ0n) is 22.0. The average molecular weight is 490 g/mol. The Bertz CT molecular complexity index is 969. The van der Waals surface area contributed by atoms with Crippen LogP contribution in [0.25, 0.3) is 0 Å². The lowest BCUT2D eigenvalue weighted by molar-refractivity contribution is -0.133. The summed E-state index contributed by atoms with van der Waals surface area (Å²) in [6.07, 6.45) is 9.70. The fraction of sp³-hybridized carbons (Fsp3) is 0.548. The first-order valence-corrected chi connectivity index (χ1v) is 14.0. The van der Waals surface area contributed by atoms with E-state index in [-0.39, 0.29) is 11.8 Å². The third kappa shape index (κ3) is 7.59. The Labute approximate surface area is 217 Å². The Morgan fingerprint density at radius 1 is 0.750 bits per heavy atom. The van der Waals surface area contributed by atoms with Gasteiger partial charge in [-0.15, -0.1) is 0 Å². The number of likely N-dealkylation sites (tertiary alicyclic amines) is 1. The van der Waals surface area contributed by atoms with Crippen LogP contribution in [0.2, 0.25) is 0 Å². The van der Waals surface area contributed by atoms with Gasteiger partial charge in [-0.3, -0.25) is 9.59 Å². The Balaban J connectivity index is 1.50. The highest BCUT2D eigenvalue weighted by Crippen LogP contribution is 2.27. The summed E-state index contributed by atoms with van der Waals surface area (Å²) < 4.78 is 0. The number of benzene rings is 2. The molecule has 1 saturated heterocycles. The van der Waals surface area contributed by atoms with Gasteiger partial charge in [0.2, 0.25) is 11.8 Å². The Hall–Kier alpha value is -2.82. The van der Waals surface area contributed by atoms with Gasteiger partial charge in [-0.2, -0.15) is 0 Å². The average Bonchev–Trinajstić information content (AvgIpc) is 2.91. The SMILES string of the molecule is CC(=O)N1CCC(CC(=O)N2CCCCCCCCN(Cc3ccccc3)c3ccccc3C2)CC1. The molecule has 2 aromatic carbocycles. The molecule has 0 spiro atoms. The molecule has 5 nitrogen and oxygen atoms in total. The van der Waals surface area contributed by atoms with Gasteiger partial charge in [0.15, 0.2) is 0 Å². The number of amides is 2. The fourth-order valence-corrected chi connectivity index (χ4v) is 5.68. The molecule has 0 aromatic heterocycles. The van der Waals surface area contributed by atoms with E-state index in [1.807, 2.05) is 4.90 Å². The van der Waals surface area contributed by atoms with Crippen LogP contribution in [-0.4, -0.2) is 47.8 Å². The number of rotatable bonds is 4. The van der Waals surface area contributed by atoms with Crippen molar-refractivity contribution in [3.05, 3.63) is 65.7 Å². The van der Waals surface area contributed by atoms with Crippen LogP contribution in [-0.2, 0) is 22.7 Å². The molecule has 0 unspecified atom stereocenters. The minimum absolute atomic E-state index is 0.149. The highest BCUT2D eigenvalue weighted by atomic mass is 16.2. The molecule has 194 valence electrons. The molecule has 0 N–H and O–H groups in total. The molecule has 2 aliphatic rings. The summed E-state index contributed by atoms with van der Waals surface area (Å²) in [5, 5.41) is 0. The van der Waals surface area contributed by atoms with Crippen LogP contribution < -0.4 is 4.90 Å². The van der Waals surface area contributed by atoms with E-state index in [0.717, 1.165) is 52.0 Å². The van der Waals surface area contributed by atoms with E-state index in [4.69, 9.17) is 0 Å². The molecule has 5 heteroatoms. The van der Waals surface area contributed by atoms with Crippen LogP contribution >= 0.6 is 0 Å².